The molecule has 2 rings (SSSR count). The number of aliphatic carboxylic acids is 1. The van der Waals surface area contributed by atoms with Crippen molar-refractivity contribution in [2.24, 2.45) is 0 Å². The molecule has 2 aliphatic rings. The summed E-state index contributed by atoms with van der Waals surface area (Å²) in [6.45, 7) is 2.47. The number of rotatable bonds is 4. The quantitative estimate of drug-likeness (QED) is 0.795. The first kappa shape index (κ1) is 16.2. The number of carboxylic acid groups (broad SMARTS) is 1. The van der Waals surface area contributed by atoms with E-state index >= 15 is 0 Å². The molecule has 0 spiro atoms. The van der Waals surface area contributed by atoms with Crippen LogP contribution < -0.4 is 0 Å². The van der Waals surface area contributed by atoms with Crippen LogP contribution in [0.2, 0.25) is 0 Å². The van der Waals surface area contributed by atoms with Crippen LogP contribution in [-0.2, 0) is 19.1 Å². The fourth-order valence-corrected chi connectivity index (χ4v) is 3.03. The number of hydrogen-bond donors (Lipinski definition) is 1. The zero-order chi connectivity index (χ0) is 15.2. The van der Waals surface area contributed by atoms with Crippen molar-refractivity contribution >= 4 is 11.9 Å². The van der Waals surface area contributed by atoms with Gasteiger partial charge in [0.2, 0.25) is 0 Å². The average Bonchev–Trinajstić information content (AvgIpc) is 2.75. The molecule has 2 fully saturated rings. The molecule has 1 amide bonds. The summed E-state index contributed by atoms with van der Waals surface area (Å²) in [6.07, 6.45) is 6.25. The number of hydrogen-bond acceptors (Lipinski definition) is 4. The Bertz CT molecular complexity index is 365. The smallest absolute Gasteiger partial charge is 0.328 e. The number of nitrogens with zero attached hydrogens (tertiary/aromatic N) is 1. The second-order valence-electron chi connectivity index (χ2n) is 5.85. The minimum atomic E-state index is -1.02. The van der Waals surface area contributed by atoms with Crippen LogP contribution in [0.1, 0.15) is 45.4 Å². The van der Waals surface area contributed by atoms with E-state index in [0.29, 0.717) is 13.2 Å². The second kappa shape index (κ2) is 7.75. The van der Waals surface area contributed by atoms with Crippen molar-refractivity contribution in [2.75, 3.05) is 19.8 Å². The third kappa shape index (κ3) is 4.41. The molecule has 2 atom stereocenters. The minimum Gasteiger partial charge on any atom is -0.480 e. The van der Waals surface area contributed by atoms with E-state index in [2.05, 4.69) is 0 Å². The van der Waals surface area contributed by atoms with Gasteiger partial charge < -0.3 is 19.5 Å². The largest absolute Gasteiger partial charge is 0.480 e. The van der Waals surface area contributed by atoms with E-state index in [4.69, 9.17) is 9.47 Å². The SMILES string of the molecule is CC(OC1CCCCCC1)C(=O)N1CCOCC1C(=O)O. The Morgan fingerprint density at radius 1 is 1.24 bits per heavy atom. The van der Waals surface area contributed by atoms with Gasteiger partial charge in [-0.2, -0.15) is 0 Å². The summed E-state index contributed by atoms with van der Waals surface area (Å²) >= 11 is 0. The summed E-state index contributed by atoms with van der Waals surface area (Å²) in [6, 6.07) is -0.897. The zero-order valence-corrected chi connectivity index (χ0v) is 12.6. The van der Waals surface area contributed by atoms with E-state index in [9.17, 15) is 14.7 Å². The highest BCUT2D eigenvalue weighted by molar-refractivity contribution is 5.86. The number of morpholine rings is 1. The lowest BCUT2D eigenvalue weighted by molar-refractivity contribution is -0.165. The van der Waals surface area contributed by atoms with Crippen molar-refractivity contribution in [3.05, 3.63) is 0 Å². The molecule has 0 aromatic carbocycles. The fourth-order valence-electron chi connectivity index (χ4n) is 3.03. The van der Waals surface area contributed by atoms with Crippen molar-refractivity contribution in [2.45, 2.75) is 63.7 Å². The first-order valence-electron chi connectivity index (χ1n) is 7.86. The number of amides is 1. The predicted molar refractivity (Wildman–Crippen MR) is 76.0 cm³/mol. The second-order valence-corrected chi connectivity index (χ2v) is 5.85. The summed E-state index contributed by atoms with van der Waals surface area (Å²) in [7, 11) is 0. The Morgan fingerprint density at radius 3 is 2.52 bits per heavy atom. The normalized spacial score (nSPS) is 26.1. The van der Waals surface area contributed by atoms with E-state index in [1.54, 1.807) is 6.92 Å². The summed E-state index contributed by atoms with van der Waals surface area (Å²) in [4.78, 5) is 25.0. The van der Waals surface area contributed by atoms with Crippen molar-refractivity contribution in [1.29, 1.82) is 0 Å². The lowest BCUT2D eigenvalue weighted by atomic mass is 10.1. The van der Waals surface area contributed by atoms with Crippen LogP contribution in [0.3, 0.4) is 0 Å². The zero-order valence-electron chi connectivity index (χ0n) is 12.6. The molecule has 1 aliphatic heterocycles. The lowest BCUT2D eigenvalue weighted by Crippen LogP contribution is -2.55. The van der Waals surface area contributed by atoms with Gasteiger partial charge in [0, 0.05) is 6.54 Å². The molecule has 0 radical (unpaired) electrons. The highest BCUT2D eigenvalue weighted by atomic mass is 16.5. The van der Waals surface area contributed by atoms with Gasteiger partial charge in [-0.3, -0.25) is 4.79 Å². The van der Waals surface area contributed by atoms with E-state index in [1.807, 2.05) is 0 Å². The van der Waals surface area contributed by atoms with Gasteiger partial charge in [-0.15, -0.1) is 0 Å². The molecule has 1 aliphatic carbocycles. The van der Waals surface area contributed by atoms with Gasteiger partial charge in [0.1, 0.15) is 6.10 Å². The summed E-state index contributed by atoms with van der Waals surface area (Å²) in [5, 5.41) is 9.18. The average molecular weight is 299 g/mol. The van der Waals surface area contributed by atoms with Crippen LogP contribution in [0.4, 0.5) is 0 Å². The molecule has 1 N–H and O–H groups in total. The van der Waals surface area contributed by atoms with E-state index in [-0.39, 0.29) is 18.6 Å². The van der Waals surface area contributed by atoms with E-state index in [1.165, 1.54) is 17.7 Å². The Hall–Kier alpha value is -1.14. The first-order valence-corrected chi connectivity index (χ1v) is 7.86. The molecule has 1 saturated heterocycles. The molecular weight excluding hydrogens is 274 g/mol. The van der Waals surface area contributed by atoms with Crippen molar-refractivity contribution in [1.82, 2.24) is 4.90 Å². The Morgan fingerprint density at radius 2 is 1.90 bits per heavy atom. The highest BCUT2D eigenvalue weighted by Crippen LogP contribution is 2.22. The molecule has 0 bridgehead atoms. The summed E-state index contributed by atoms with van der Waals surface area (Å²) < 4.78 is 11.0. The Labute approximate surface area is 125 Å². The molecule has 21 heavy (non-hydrogen) atoms. The molecule has 1 heterocycles. The van der Waals surface area contributed by atoms with E-state index in [0.717, 1.165) is 25.7 Å². The maximum absolute atomic E-state index is 12.5. The van der Waals surface area contributed by atoms with Gasteiger partial charge in [-0.25, -0.2) is 4.79 Å². The first-order chi connectivity index (χ1) is 10.1. The summed E-state index contributed by atoms with van der Waals surface area (Å²) in [5.41, 5.74) is 0. The van der Waals surface area contributed by atoms with Gasteiger partial charge in [-0.05, 0) is 19.8 Å². The molecule has 1 saturated carbocycles. The Kier molecular flexibility index (Phi) is 5.99. The van der Waals surface area contributed by atoms with Gasteiger partial charge in [-0.1, -0.05) is 25.7 Å². The van der Waals surface area contributed by atoms with Crippen molar-refractivity contribution in [3.63, 3.8) is 0 Å². The molecule has 6 nitrogen and oxygen atoms in total. The number of ether oxygens (including phenoxy) is 2. The molecule has 2 unspecified atom stereocenters. The third-order valence-corrected chi connectivity index (χ3v) is 4.24. The highest BCUT2D eigenvalue weighted by Gasteiger charge is 2.35. The molecule has 6 heteroatoms. The molecule has 0 aromatic heterocycles. The molecule has 0 aromatic rings. The number of carboxylic acids is 1. The van der Waals surface area contributed by atoms with Gasteiger partial charge in [0.05, 0.1) is 19.3 Å². The molecule has 120 valence electrons. The van der Waals surface area contributed by atoms with Crippen LogP contribution in [0, 0.1) is 0 Å². The maximum atomic E-state index is 12.5. The number of carbonyl (C=O) groups excluding carboxylic acids is 1. The van der Waals surface area contributed by atoms with Crippen molar-refractivity contribution < 1.29 is 24.2 Å². The predicted octanol–water partition coefficient (Wildman–Crippen LogP) is 1.43. The van der Waals surface area contributed by atoms with Gasteiger partial charge in [0.25, 0.3) is 5.91 Å². The van der Waals surface area contributed by atoms with Crippen LogP contribution in [-0.4, -0.2) is 59.9 Å². The van der Waals surface area contributed by atoms with Crippen LogP contribution in [0.25, 0.3) is 0 Å². The minimum absolute atomic E-state index is 0.0528. The van der Waals surface area contributed by atoms with Crippen LogP contribution in [0.5, 0.6) is 0 Å². The standard InChI is InChI=1S/C15H25NO5/c1-11(21-12-6-4-2-3-5-7-12)14(17)16-8-9-20-10-13(16)15(18)19/h11-13H,2-10H2,1H3,(H,18,19). The lowest BCUT2D eigenvalue weighted by Gasteiger charge is -2.35. The Balaban J connectivity index is 1.92. The van der Waals surface area contributed by atoms with Gasteiger partial charge >= 0.3 is 5.97 Å². The fraction of sp³-hybridized carbons (Fsp3) is 0.867. The van der Waals surface area contributed by atoms with Crippen molar-refractivity contribution in [3.8, 4) is 0 Å². The third-order valence-electron chi connectivity index (χ3n) is 4.24. The monoisotopic (exact) mass is 299 g/mol. The molecular formula is C15H25NO5. The van der Waals surface area contributed by atoms with E-state index < -0.39 is 18.1 Å². The van der Waals surface area contributed by atoms with Gasteiger partial charge in [0.15, 0.2) is 6.04 Å². The summed E-state index contributed by atoms with van der Waals surface area (Å²) in [5.74, 6) is -1.26. The maximum Gasteiger partial charge on any atom is 0.328 e. The van der Waals surface area contributed by atoms with Crippen LogP contribution in [0.15, 0.2) is 0 Å². The number of carbonyl (C=O) groups is 2. The topological polar surface area (TPSA) is 76.1 Å². The van der Waals surface area contributed by atoms with Crippen LogP contribution >= 0.6 is 0 Å².